The zero-order valence-electron chi connectivity index (χ0n) is 12.5. The zero-order valence-corrected chi connectivity index (χ0v) is 12.5. The molecule has 1 N–H and O–H groups in total. The van der Waals surface area contributed by atoms with Crippen molar-refractivity contribution < 1.29 is 14.3 Å². The SMILES string of the molecule is C=C(NC)[C@@H](OC)C(CC)C(C)(C)C(=O)OCC. The van der Waals surface area contributed by atoms with Gasteiger partial charge in [0.1, 0.15) is 0 Å². The summed E-state index contributed by atoms with van der Waals surface area (Å²) in [6.07, 6.45) is 0.602. The topological polar surface area (TPSA) is 47.6 Å². The molecule has 0 rings (SSSR count). The monoisotopic (exact) mass is 257 g/mol. The van der Waals surface area contributed by atoms with Crippen LogP contribution in [-0.2, 0) is 14.3 Å². The Bertz CT molecular complexity index is 287. The normalized spacial score (nSPS) is 14.8. The number of likely N-dealkylation sites (N-methyl/N-ethyl adjacent to an activating group) is 1. The number of carbonyl (C=O) groups excluding carboxylic acids is 1. The summed E-state index contributed by atoms with van der Waals surface area (Å²) in [5.41, 5.74) is 0.173. The molecule has 106 valence electrons. The van der Waals surface area contributed by atoms with Gasteiger partial charge in [0.25, 0.3) is 0 Å². The minimum Gasteiger partial charge on any atom is -0.466 e. The van der Waals surface area contributed by atoms with Gasteiger partial charge in [-0.1, -0.05) is 13.5 Å². The number of hydrogen-bond acceptors (Lipinski definition) is 4. The Hall–Kier alpha value is -1.03. The van der Waals surface area contributed by atoms with E-state index in [0.29, 0.717) is 6.61 Å². The molecule has 0 aromatic rings. The maximum Gasteiger partial charge on any atom is 0.311 e. The molecule has 4 nitrogen and oxygen atoms in total. The van der Waals surface area contributed by atoms with Crippen molar-refractivity contribution in [1.82, 2.24) is 5.32 Å². The van der Waals surface area contributed by atoms with Crippen molar-refractivity contribution >= 4 is 5.97 Å². The molecule has 0 aliphatic heterocycles. The van der Waals surface area contributed by atoms with E-state index >= 15 is 0 Å². The van der Waals surface area contributed by atoms with Crippen LogP contribution in [0.1, 0.15) is 34.1 Å². The Morgan fingerprint density at radius 1 is 1.39 bits per heavy atom. The van der Waals surface area contributed by atoms with Crippen LogP contribution in [0.3, 0.4) is 0 Å². The fourth-order valence-electron chi connectivity index (χ4n) is 2.26. The number of nitrogens with one attached hydrogen (secondary N) is 1. The smallest absolute Gasteiger partial charge is 0.311 e. The lowest BCUT2D eigenvalue weighted by Crippen LogP contribution is -2.43. The molecule has 0 saturated carbocycles. The summed E-state index contributed by atoms with van der Waals surface area (Å²) in [5.74, 6) is -0.177. The highest BCUT2D eigenvalue weighted by Crippen LogP contribution is 2.36. The Balaban J connectivity index is 5.14. The van der Waals surface area contributed by atoms with E-state index < -0.39 is 5.41 Å². The quantitative estimate of drug-likeness (QED) is 0.678. The maximum atomic E-state index is 12.1. The molecule has 2 atom stereocenters. The third-order valence-electron chi connectivity index (χ3n) is 3.45. The standard InChI is InChI=1S/C14H27NO3/c1-8-11(12(17-7)10(3)15-6)14(4,5)13(16)18-9-2/h11-12,15H,3,8-9H2,1-2,4-7H3/t11?,12-/m1/s1. The average Bonchev–Trinajstić information content (AvgIpc) is 2.34. The van der Waals surface area contributed by atoms with Crippen molar-refractivity contribution in [3.8, 4) is 0 Å². The van der Waals surface area contributed by atoms with Gasteiger partial charge in [0.05, 0.1) is 18.1 Å². The molecule has 0 fully saturated rings. The fraction of sp³-hybridized carbons (Fsp3) is 0.786. The van der Waals surface area contributed by atoms with Gasteiger partial charge in [0.15, 0.2) is 0 Å². The minimum absolute atomic E-state index is 0.0153. The summed E-state index contributed by atoms with van der Waals surface area (Å²) in [6.45, 7) is 12.0. The van der Waals surface area contributed by atoms with Gasteiger partial charge in [0, 0.05) is 25.8 Å². The lowest BCUT2D eigenvalue weighted by molar-refractivity contribution is -0.159. The van der Waals surface area contributed by atoms with Gasteiger partial charge in [-0.05, 0) is 27.2 Å². The lowest BCUT2D eigenvalue weighted by Gasteiger charge is -2.37. The van der Waals surface area contributed by atoms with Crippen molar-refractivity contribution in [2.24, 2.45) is 11.3 Å². The molecule has 1 unspecified atom stereocenters. The van der Waals surface area contributed by atoms with Crippen molar-refractivity contribution in [2.45, 2.75) is 40.2 Å². The summed E-state index contributed by atoms with van der Waals surface area (Å²) in [7, 11) is 3.44. The van der Waals surface area contributed by atoms with Crippen LogP contribution in [0.2, 0.25) is 0 Å². The van der Waals surface area contributed by atoms with Crippen molar-refractivity contribution in [1.29, 1.82) is 0 Å². The molecule has 18 heavy (non-hydrogen) atoms. The summed E-state index contributed by atoms with van der Waals surface area (Å²) in [4.78, 5) is 12.1. The lowest BCUT2D eigenvalue weighted by atomic mass is 9.73. The summed E-state index contributed by atoms with van der Waals surface area (Å²) >= 11 is 0. The van der Waals surface area contributed by atoms with Crippen LogP contribution >= 0.6 is 0 Å². The van der Waals surface area contributed by atoms with Crippen LogP contribution in [0.4, 0.5) is 0 Å². The van der Waals surface area contributed by atoms with E-state index in [1.54, 1.807) is 14.2 Å². The number of ether oxygens (including phenoxy) is 2. The number of rotatable bonds is 8. The zero-order chi connectivity index (χ0) is 14.3. The van der Waals surface area contributed by atoms with Crippen LogP contribution in [0.5, 0.6) is 0 Å². The van der Waals surface area contributed by atoms with Gasteiger partial charge >= 0.3 is 5.97 Å². The molecule has 0 radical (unpaired) electrons. The molecule has 0 aliphatic rings. The predicted octanol–water partition coefficient (Wildman–Crippen LogP) is 2.35. The predicted molar refractivity (Wildman–Crippen MR) is 73.2 cm³/mol. The van der Waals surface area contributed by atoms with E-state index in [1.165, 1.54) is 0 Å². The Morgan fingerprint density at radius 2 is 1.94 bits per heavy atom. The largest absolute Gasteiger partial charge is 0.466 e. The maximum absolute atomic E-state index is 12.1. The second-order valence-electron chi connectivity index (χ2n) is 4.89. The third kappa shape index (κ3) is 3.73. The van der Waals surface area contributed by atoms with Gasteiger partial charge in [-0.25, -0.2) is 0 Å². The molecule has 0 saturated heterocycles. The Labute approximate surface area is 111 Å². The molecule has 4 heteroatoms. The highest BCUT2D eigenvalue weighted by molar-refractivity contribution is 5.76. The molecule has 0 spiro atoms. The van der Waals surface area contributed by atoms with Gasteiger partial charge in [-0.15, -0.1) is 0 Å². The van der Waals surface area contributed by atoms with E-state index in [-0.39, 0.29) is 18.0 Å². The first-order chi connectivity index (χ1) is 8.36. The Morgan fingerprint density at radius 3 is 2.28 bits per heavy atom. The van der Waals surface area contributed by atoms with E-state index in [0.717, 1.165) is 12.1 Å². The van der Waals surface area contributed by atoms with Gasteiger partial charge in [-0.2, -0.15) is 0 Å². The van der Waals surface area contributed by atoms with Crippen molar-refractivity contribution in [3.63, 3.8) is 0 Å². The number of carbonyl (C=O) groups is 1. The molecule has 0 bridgehead atoms. The van der Waals surface area contributed by atoms with E-state index in [9.17, 15) is 4.79 Å². The summed E-state index contributed by atoms with van der Waals surface area (Å²) < 4.78 is 10.7. The highest BCUT2D eigenvalue weighted by atomic mass is 16.5. The molecule has 0 heterocycles. The van der Waals surface area contributed by atoms with E-state index in [2.05, 4.69) is 11.9 Å². The molecule has 0 aromatic carbocycles. The van der Waals surface area contributed by atoms with Crippen LogP contribution < -0.4 is 5.32 Å². The minimum atomic E-state index is -0.606. The second-order valence-corrected chi connectivity index (χ2v) is 4.89. The van der Waals surface area contributed by atoms with Crippen LogP contribution in [0.25, 0.3) is 0 Å². The second kappa shape index (κ2) is 7.41. The summed E-state index contributed by atoms with van der Waals surface area (Å²) in [5, 5.41) is 3.00. The number of methoxy groups -OCH3 is 1. The molecular formula is C14H27NO3. The van der Waals surface area contributed by atoms with Crippen LogP contribution in [0, 0.1) is 11.3 Å². The molecule has 0 amide bonds. The fourth-order valence-corrected chi connectivity index (χ4v) is 2.26. The average molecular weight is 257 g/mol. The molecular weight excluding hydrogens is 230 g/mol. The van der Waals surface area contributed by atoms with E-state index in [1.807, 2.05) is 27.7 Å². The number of esters is 1. The van der Waals surface area contributed by atoms with Crippen molar-refractivity contribution in [2.75, 3.05) is 20.8 Å². The van der Waals surface area contributed by atoms with Crippen LogP contribution in [0.15, 0.2) is 12.3 Å². The first-order valence-electron chi connectivity index (χ1n) is 6.43. The molecule has 0 aliphatic carbocycles. The highest BCUT2D eigenvalue weighted by Gasteiger charge is 2.42. The third-order valence-corrected chi connectivity index (χ3v) is 3.45. The van der Waals surface area contributed by atoms with Gasteiger partial charge in [-0.3, -0.25) is 4.79 Å². The molecule has 0 aromatic heterocycles. The first-order valence-corrected chi connectivity index (χ1v) is 6.43. The summed E-state index contributed by atoms with van der Waals surface area (Å²) in [6, 6.07) is 0. The van der Waals surface area contributed by atoms with Gasteiger partial charge in [0.2, 0.25) is 0 Å². The van der Waals surface area contributed by atoms with Crippen LogP contribution in [-0.4, -0.2) is 32.8 Å². The Kier molecular flexibility index (Phi) is 6.99. The van der Waals surface area contributed by atoms with Gasteiger partial charge < -0.3 is 14.8 Å². The number of hydrogen-bond donors (Lipinski definition) is 1. The first kappa shape index (κ1) is 17.0. The van der Waals surface area contributed by atoms with E-state index in [4.69, 9.17) is 9.47 Å². The van der Waals surface area contributed by atoms with Crippen molar-refractivity contribution in [3.05, 3.63) is 12.3 Å².